The summed E-state index contributed by atoms with van der Waals surface area (Å²) < 4.78 is 0. The lowest BCUT2D eigenvalue weighted by atomic mass is 10.4. The Bertz CT molecular complexity index is 1290. The Morgan fingerprint density at radius 2 is 1.14 bits per heavy atom. The smallest absolute Gasteiger partial charge is 0.235 e. The molecule has 16 nitrogen and oxygen atoms in total. The molecule has 0 saturated carbocycles. The number of hydrazine groups is 2. The van der Waals surface area contributed by atoms with E-state index in [1.807, 2.05) is 19.1 Å². The zero-order chi connectivity index (χ0) is 36.7. The Kier molecular flexibility index (Phi) is 26.9. The fraction of sp³-hybridized carbons (Fsp3) is 0.419. The van der Waals surface area contributed by atoms with Crippen LogP contribution >= 0.6 is 19.7 Å². The molecule has 18 heteroatoms. The molecule has 49 heavy (non-hydrogen) atoms. The molecule has 0 bridgehead atoms. The van der Waals surface area contributed by atoms with E-state index in [2.05, 4.69) is 96.2 Å². The number of carbonyl (C=O) groups is 6. The maximum atomic E-state index is 11.6. The molecular formula is C31H47N10O6PS. The van der Waals surface area contributed by atoms with Gasteiger partial charge in [0.2, 0.25) is 29.5 Å². The molecule has 2 aromatic carbocycles. The van der Waals surface area contributed by atoms with Gasteiger partial charge in [0.1, 0.15) is 0 Å². The number of thioether (sulfide) groups is 1. The van der Waals surface area contributed by atoms with E-state index >= 15 is 0 Å². The number of nitrogens with zero attached hydrogens (tertiary/aromatic N) is 3. The lowest BCUT2D eigenvalue weighted by Gasteiger charge is -2.17. The second-order valence-electron chi connectivity index (χ2n) is 9.53. The van der Waals surface area contributed by atoms with Gasteiger partial charge in [-0.25, -0.2) is 10.9 Å². The minimum Gasteiger partial charge on any atom is -0.355 e. The molecule has 0 heterocycles. The zero-order valence-electron chi connectivity index (χ0n) is 28.3. The van der Waals surface area contributed by atoms with E-state index in [-0.39, 0.29) is 60.8 Å². The predicted molar refractivity (Wildman–Crippen MR) is 194 cm³/mol. The highest BCUT2D eigenvalue weighted by molar-refractivity contribution is 8.18. The average molecular weight is 719 g/mol. The second kappa shape index (κ2) is 29.6. The molecule has 0 atom stereocenters. The van der Waals surface area contributed by atoms with Crippen LogP contribution in [0.5, 0.6) is 0 Å². The third kappa shape index (κ3) is 26.1. The van der Waals surface area contributed by atoms with E-state index in [1.165, 1.54) is 36.2 Å². The molecular weight excluding hydrogens is 671 g/mol. The molecule has 7 N–H and O–H groups in total. The number of benzene rings is 2. The molecule has 2 rings (SSSR count). The van der Waals surface area contributed by atoms with Crippen LogP contribution in [0.3, 0.4) is 0 Å². The quantitative estimate of drug-likeness (QED) is 0.0291. The van der Waals surface area contributed by atoms with Crippen molar-refractivity contribution in [3.8, 4) is 0 Å². The fourth-order valence-electron chi connectivity index (χ4n) is 3.19. The summed E-state index contributed by atoms with van der Waals surface area (Å²) in [6, 6.07) is 21.0. The molecule has 2 aromatic rings. The summed E-state index contributed by atoms with van der Waals surface area (Å²) in [6.45, 7) is 7.58. The van der Waals surface area contributed by atoms with Crippen molar-refractivity contribution in [3.63, 3.8) is 0 Å². The van der Waals surface area contributed by atoms with Crippen LogP contribution in [0.15, 0.2) is 65.8 Å². The highest BCUT2D eigenvalue weighted by Crippen LogP contribution is 2.37. The summed E-state index contributed by atoms with van der Waals surface area (Å²) in [5.74, 6) is -1.12. The van der Waals surface area contributed by atoms with E-state index in [1.54, 1.807) is 6.92 Å². The number of carbonyl (C=O) groups excluding carboxylic acids is 6. The molecule has 0 aromatic heterocycles. The number of rotatable bonds is 18. The summed E-state index contributed by atoms with van der Waals surface area (Å²) in [6.07, 6.45) is 1.04. The first-order chi connectivity index (χ1) is 23.5. The first kappa shape index (κ1) is 44.5. The van der Waals surface area contributed by atoms with Gasteiger partial charge in [-0.2, -0.15) is 0 Å². The molecule has 5 amide bonds. The van der Waals surface area contributed by atoms with Crippen LogP contribution in [-0.2, 0) is 28.8 Å². The van der Waals surface area contributed by atoms with Gasteiger partial charge in [0.05, 0.1) is 13.1 Å². The predicted octanol–water partition coefficient (Wildman–Crippen LogP) is 1.07. The molecule has 0 saturated heterocycles. The molecule has 0 aliphatic rings. The average Bonchev–Trinajstić information content (AvgIpc) is 3.09. The SMILES string of the molecule is CC(=O)NNCC(=O)NCCN=[N+]=[N-].CCC(=O)NCCNC(=O)CNNC(C)=O.CCC(=O)SCP(c1ccccc1)c1ccccc1. The topological polar surface area (TPSA) is 235 Å². The van der Waals surface area contributed by atoms with Crippen molar-refractivity contribution in [2.45, 2.75) is 40.5 Å². The van der Waals surface area contributed by atoms with Crippen LogP contribution in [0.2, 0.25) is 0 Å². The summed E-state index contributed by atoms with van der Waals surface area (Å²) >= 11 is 1.46. The number of hydrogen-bond donors (Lipinski definition) is 7. The van der Waals surface area contributed by atoms with Crippen LogP contribution in [0.25, 0.3) is 10.4 Å². The van der Waals surface area contributed by atoms with Gasteiger partial charge in [0.15, 0.2) is 5.12 Å². The van der Waals surface area contributed by atoms with E-state index in [9.17, 15) is 28.8 Å². The Morgan fingerprint density at radius 1 is 0.694 bits per heavy atom. The first-order valence-corrected chi connectivity index (χ1v) is 17.9. The minimum absolute atomic E-state index is 0.00129. The van der Waals surface area contributed by atoms with Gasteiger partial charge in [-0.3, -0.25) is 39.6 Å². The van der Waals surface area contributed by atoms with E-state index < -0.39 is 7.92 Å². The number of nitrogens with one attached hydrogen (secondary N) is 7. The summed E-state index contributed by atoms with van der Waals surface area (Å²) in [5.41, 5.74) is 18.2. The maximum absolute atomic E-state index is 11.6. The molecule has 268 valence electrons. The normalized spacial score (nSPS) is 9.65. The Balaban J connectivity index is 0.000000716. The molecule has 0 spiro atoms. The van der Waals surface area contributed by atoms with Crippen molar-refractivity contribution in [3.05, 3.63) is 71.1 Å². The van der Waals surface area contributed by atoms with Gasteiger partial charge >= 0.3 is 0 Å². The number of hydrogen-bond acceptors (Lipinski definition) is 10. The van der Waals surface area contributed by atoms with E-state index in [0.717, 1.165) is 5.49 Å². The van der Waals surface area contributed by atoms with E-state index in [0.29, 0.717) is 25.9 Å². The summed E-state index contributed by atoms with van der Waals surface area (Å²) in [7, 11) is -0.447. The Morgan fingerprint density at radius 3 is 1.55 bits per heavy atom. The van der Waals surface area contributed by atoms with Crippen LogP contribution in [-0.4, -0.2) is 79.4 Å². The highest BCUT2D eigenvalue weighted by atomic mass is 32.2. The third-order valence-corrected chi connectivity index (χ3v) is 9.50. The van der Waals surface area contributed by atoms with Crippen LogP contribution in [0.4, 0.5) is 0 Å². The fourth-order valence-corrected chi connectivity index (χ4v) is 7.05. The standard InChI is InChI=1S/C16H17OPS.C9H18N4O3.C6H12N6O2/c1-2-16(17)19-13-18(14-9-5-3-6-10-14)15-11-7-4-8-12-15;1-3-8(15)10-4-5-11-9(16)6-12-13-7(2)14;1-5(13)11-10-4-6(14)8-2-3-9-12-7/h3-12H,2,13H2,1H3;12H,3-6H2,1-2H3,(H,10,15)(H,11,16)(H,13,14);10H,2-4H2,1H3,(H,8,14)(H,11,13). The highest BCUT2D eigenvalue weighted by Gasteiger charge is 2.15. The first-order valence-electron chi connectivity index (χ1n) is 15.4. The van der Waals surface area contributed by atoms with Gasteiger partial charge in [-0.05, 0) is 24.1 Å². The third-order valence-electron chi connectivity index (χ3n) is 5.49. The monoisotopic (exact) mass is 718 g/mol. The van der Waals surface area contributed by atoms with Gasteiger partial charge in [0.25, 0.3) is 0 Å². The molecule has 0 fully saturated rings. The van der Waals surface area contributed by atoms with Crippen LogP contribution in [0.1, 0.15) is 40.5 Å². The Labute approximate surface area is 292 Å². The van der Waals surface area contributed by atoms with Gasteiger partial charge < -0.3 is 16.0 Å². The minimum atomic E-state index is -0.447. The lowest BCUT2D eigenvalue weighted by molar-refractivity contribution is -0.123. The van der Waals surface area contributed by atoms with Crippen molar-refractivity contribution >= 4 is 64.9 Å². The van der Waals surface area contributed by atoms with Crippen molar-refractivity contribution < 1.29 is 28.8 Å². The maximum Gasteiger partial charge on any atom is 0.235 e. The second-order valence-corrected chi connectivity index (χ2v) is 13.2. The van der Waals surface area contributed by atoms with Crippen molar-refractivity contribution in [1.82, 2.24) is 37.7 Å². The van der Waals surface area contributed by atoms with Crippen molar-refractivity contribution in [2.24, 2.45) is 5.11 Å². The van der Waals surface area contributed by atoms with E-state index in [4.69, 9.17) is 5.53 Å². The summed E-state index contributed by atoms with van der Waals surface area (Å²) in [4.78, 5) is 67.7. The lowest BCUT2D eigenvalue weighted by Crippen LogP contribution is -2.44. The zero-order valence-corrected chi connectivity index (χ0v) is 30.0. The van der Waals surface area contributed by atoms with Gasteiger partial charge in [-0.1, -0.05) is 91.4 Å². The van der Waals surface area contributed by atoms with Crippen molar-refractivity contribution in [2.75, 3.05) is 44.8 Å². The molecule has 0 radical (unpaired) electrons. The Hall–Kier alpha value is -4.53. The summed E-state index contributed by atoms with van der Waals surface area (Å²) in [5, 5.41) is 13.8. The molecule has 0 unspecified atom stereocenters. The largest absolute Gasteiger partial charge is 0.355 e. The number of azide groups is 1. The van der Waals surface area contributed by atoms with Gasteiger partial charge in [-0.15, -0.1) is 0 Å². The molecule has 0 aliphatic heterocycles. The van der Waals surface area contributed by atoms with Crippen LogP contribution < -0.4 is 48.3 Å². The molecule has 0 aliphatic carbocycles. The van der Waals surface area contributed by atoms with Crippen LogP contribution in [0, 0.1) is 0 Å². The van der Waals surface area contributed by atoms with Crippen molar-refractivity contribution in [1.29, 1.82) is 0 Å². The van der Waals surface area contributed by atoms with Gasteiger partial charge in [0, 0.05) is 63.3 Å². The number of amides is 5.